The molecular formula is C29H28ClN7O3S. The molecule has 0 aliphatic carbocycles. The minimum Gasteiger partial charge on any atom is -0.369 e. The lowest BCUT2D eigenvalue weighted by Crippen LogP contribution is -2.29. The van der Waals surface area contributed by atoms with E-state index in [1.165, 1.54) is 6.26 Å². The van der Waals surface area contributed by atoms with E-state index in [2.05, 4.69) is 15.3 Å². The van der Waals surface area contributed by atoms with Crippen molar-refractivity contribution in [1.82, 2.24) is 19.5 Å². The number of anilines is 3. The van der Waals surface area contributed by atoms with Gasteiger partial charge in [0, 0.05) is 30.2 Å². The van der Waals surface area contributed by atoms with Crippen molar-refractivity contribution in [3.05, 3.63) is 107 Å². The molecule has 5 rings (SSSR count). The van der Waals surface area contributed by atoms with Crippen molar-refractivity contribution < 1.29 is 13.2 Å². The average molecular weight is 590 g/mol. The van der Waals surface area contributed by atoms with Crippen LogP contribution in [0.3, 0.4) is 0 Å². The molecule has 0 aliphatic rings. The van der Waals surface area contributed by atoms with Crippen LogP contribution in [-0.4, -0.2) is 47.1 Å². The number of nitrogens with two attached hydrogens (primary N) is 1. The first-order chi connectivity index (χ1) is 19.6. The van der Waals surface area contributed by atoms with Gasteiger partial charge >= 0.3 is 0 Å². The Balaban J connectivity index is 1.43. The zero-order valence-electron chi connectivity index (χ0n) is 22.4. The van der Waals surface area contributed by atoms with Crippen LogP contribution in [0.1, 0.15) is 22.9 Å². The van der Waals surface area contributed by atoms with Gasteiger partial charge in [0.15, 0.2) is 9.84 Å². The zero-order valence-corrected chi connectivity index (χ0v) is 24.0. The summed E-state index contributed by atoms with van der Waals surface area (Å²) in [6.45, 7) is 0.316. The smallest absolute Gasteiger partial charge is 0.232 e. The van der Waals surface area contributed by atoms with Gasteiger partial charge < -0.3 is 20.5 Å². The third-order valence-corrected chi connectivity index (χ3v) is 7.53. The number of benzene rings is 3. The monoisotopic (exact) mass is 589 g/mol. The molecule has 2 heterocycles. The van der Waals surface area contributed by atoms with Crippen molar-refractivity contribution in [1.29, 1.82) is 0 Å². The Morgan fingerprint density at radius 3 is 2.51 bits per heavy atom. The van der Waals surface area contributed by atoms with Gasteiger partial charge in [-0.15, -0.1) is 0 Å². The van der Waals surface area contributed by atoms with E-state index >= 15 is 0 Å². The second-order valence-corrected chi connectivity index (χ2v) is 12.3. The van der Waals surface area contributed by atoms with Crippen molar-refractivity contribution in [2.45, 2.75) is 18.3 Å². The summed E-state index contributed by atoms with van der Waals surface area (Å²) >= 11 is 6.24. The number of rotatable bonds is 10. The molecule has 0 spiro atoms. The van der Waals surface area contributed by atoms with Crippen LogP contribution in [0, 0.1) is 0 Å². The van der Waals surface area contributed by atoms with Gasteiger partial charge in [-0.3, -0.25) is 4.79 Å². The molecular weight excluding hydrogens is 562 g/mol. The van der Waals surface area contributed by atoms with E-state index in [0.717, 1.165) is 16.7 Å². The summed E-state index contributed by atoms with van der Waals surface area (Å²) in [5.41, 5.74) is 9.54. The molecule has 1 unspecified atom stereocenters. The Kier molecular flexibility index (Phi) is 7.91. The van der Waals surface area contributed by atoms with Gasteiger partial charge in [0.25, 0.3) is 0 Å². The first kappa shape index (κ1) is 28.1. The second kappa shape index (κ2) is 11.6. The summed E-state index contributed by atoms with van der Waals surface area (Å²) < 4.78 is 25.1. The Labute approximate surface area is 242 Å². The Bertz CT molecular complexity index is 1820. The fourth-order valence-corrected chi connectivity index (χ4v) is 5.61. The molecule has 0 saturated carbocycles. The number of fused-ring (bicyclic) bond motifs is 1. The number of primary amides is 1. The maximum atomic E-state index is 12.8. The van der Waals surface area contributed by atoms with Crippen LogP contribution in [0.15, 0.2) is 85.1 Å². The summed E-state index contributed by atoms with van der Waals surface area (Å²) in [5.74, 6) is 0.107. The van der Waals surface area contributed by atoms with Crippen LogP contribution in [0.2, 0.25) is 5.02 Å². The molecule has 0 fully saturated rings. The molecule has 0 radical (unpaired) electrons. The van der Waals surface area contributed by atoms with Crippen molar-refractivity contribution >= 4 is 55.8 Å². The highest BCUT2D eigenvalue weighted by atomic mass is 35.5. The number of sulfone groups is 1. The molecule has 2 aromatic heterocycles. The average Bonchev–Trinajstić information content (AvgIpc) is 3.26. The maximum absolute atomic E-state index is 12.8. The van der Waals surface area contributed by atoms with Gasteiger partial charge in [-0.2, -0.15) is 4.98 Å². The van der Waals surface area contributed by atoms with Gasteiger partial charge in [-0.1, -0.05) is 48.0 Å². The van der Waals surface area contributed by atoms with Crippen LogP contribution in [0.4, 0.5) is 17.5 Å². The maximum Gasteiger partial charge on any atom is 0.232 e. The number of amides is 1. The van der Waals surface area contributed by atoms with Gasteiger partial charge in [0.2, 0.25) is 11.9 Å². The minimum absolute atomic E-state index is 0.0249. The third kappa shape index (κ3) is 6.64. The van der Waals surface area contributed by atoms with E-state index in [1.54, 1.807) is 54.7 Å². The van der Waals surface area contributed by atoms with Crippen molar-refractivity contribution in [3.8, 4) is 0 Å². The summed E-state index contributed by atoms with van der Waals surface area (Å²) in [6, 6.07) is 23.5. The number of aromatic nitrogens is 4. The summed E-state index contributed by atoms with van der Waals surface area (Å²) in [4.78, 5) is 28.4. The lowest BCUT2D eigenvalue weighted by Gasteiger charge is -2.23. The predicted molar refractivity (Wildman–Crippen MR) is 161 cm³/mol. The summed E-state index contributed by atoms with van der Waals surface area (Å²) in [5, 5.41) is 3.66. The molecule has 10 nitrogen and oxygen atoms in total. The number of carbonyl (C=O) groups excluding carboxylic acids is 1. The molecule has 12 heteroatoms. The fourth-order valence-electron chi connectivity index (χ4n) is 4.61. The first-order valence-corrected chi connectivity index (χ1v) is 15.1. The number of nitrogens with zero attached hydrogens (tertiary/aromatic N) is 5. The summed E-state index contributed by atoms with van der Waals surface area (Å²) in [7, 11) is -1.24. The molecule has 210 valence electrons. The van der Waals surface area contributed by atoms with E-state index in [-0.39, 0.29) is 5.75 Å². The number of nitrogens with one attached hydrogen (secondary N) is 1. The van der Waals surface area contributed by atoms with E-state index in [1.807, 2.05) is 46.8 Å². The molecule has 0 saturated heterocycles. The van der Waals surface area contributed by atoms with Gasteiger partial charge in [-0.25, -0.2) is 18.4 Å². The van der Waals surface area contributed by atoms with E-state index in [9.17, 15) is 13.2 Å². The van der Waals surface area contributed by atoms with E-state index in [0.29, 0.717) is 40.4 Å². The SMILES string of the molecule is CN(Cn1c(C(C(N)=O)c2cccc(Cl)c2)nc2ccccc21)c1ccnc(Nc2ccc(CS(C)(=O)=O)cc2)n1. The van der Waals surface area contributed by atoms with E-state index in [4.69, 9.17) is 22.3 Å². The Morgan fingerprint density at radius 2 is 1.80 bits per heavy atom. The highest BCUT2D eigenvalue weighted by Crippen LogP contribution is 2.30. The van der Waals surface area contributed by atoms with Gasteiger partial charge in [-0.05, 0) is 53.6 Å². The first-order valence-electron chi connectivity index (χ1n) is 12.7. The normalized spacial score (nSPS) is 12.3. The fraction of sp³-hybridized carbons (Fsp3) is 0.172. The van der Waals surface area contributed by atoms with Crippen LogP contribution in [0.5, 0.6) is 0 Å². The topological polar surface area (TPSA) is 136 Å². The molecule has 41 heavy (non-hydrogen) atoms. The third-order valence-electron chi connectivity index (χ3n) is 6.43. The number of hydrogen-bond acceptors (Lipinski definition) is 8. The van der Waals surface area contributed by atoms with Crippen molar-refractivity contribution in [3.63, 3.8) is 0 Å². The van der Waals surface area contributed by atoms with Crippen LogP contribution < -0.4 is 16.0 Å². The molecule has 3 N–H and O–H groups in total. The number of carbonyl (C=O) groups is 1. The Hall–Kier alpha value is -4.48. The minimum atomic E-state index is -3.12. The quantitative estimate of drug-likeness (QED) is 0.243. The lowest BCUT2D eigenvalue weighted by molar-refractivity contribution is -0.118. The van der Waals surface area contributed by atoms with Crippen LogP contribution in [0.25, 0.3) is 11.0 Å². The lowest BCUT2D eigenvalue weighted by atomic mass is 9.97. The molecule has 0 aliphatic heterocycles. The highest BCUT2D eigenvalue weighted by Gasteiger charge is 2.28. The zero-order chi connectivity index (χ0) is 29.1. The second-order valence-electron chi connectivity index (χ2n) is 9.75. The van der Waals surface area contributed by atoms with Crippen molar-refractivity contribution in [2.75, 3.05) is 23.5 Å². The summed E-state index contributed by atoms with van der Waals surface area (Å²) in [6.07, 6.45) is 2.85. The number of halogens is 1. The van der Waals surface area contributed by atoms with Crippen molar-refractivity contribution in [2.24, 2.45) is 5.73 Å². The largest absolute Gasteiger partial charge is 0.369 e. The van der Waals surface area contributed by atoms with Crippen LogP contribution >= 0.6 is 11.6 Å². The highest BCUT2D eigenvalue weighted by molar-refractivity contribution is 7.89. The molecule has 1 amide bonds. The van der Waals surface area contributed by atoms with Crippen LogP contribution in [-0.2, 0) is 27.1 Å². The predicted octanol–water partition coefficient (Wildman–Crippen LogP) is 4.48. The Morgan fingerprint density at radius 1 is 1.05 bits per heavy atom. The molecule has 5 aromatic rings. The van der Waals surface area contributed by atoms with E-state index < -0.39 is 21.7 Å². The number of para-hydroxylation sites is 2. The van der Waals surface area contributed by atoms with Gasteiger partial charge in [0.1, 0.15) is 17.6 Å². The molecule has 0 bridgehead atoms. The van der Waals surface area contributed by atoms with Gasteiger partial charge in [0.05, 0.1) is 23.5 Å². The number of imidazole rings is 1. The number of hydrogen-bond donors (Lipinski definition) is 2. The molecule has 3 aromatic carbocycles. The molecule has 1 atom stereocenters. The standard InChI is InChI=1S/C29H28ClN7O3S/c1-36(25-14-15-32-29(35-25)33-22-12-10-19(11-13-22)17-41(2,39)40)18-37-24-9-4-3-8-23(24)34-28(37)26(27(31)38)20-6-5-7-21(30)16-20/h3-16,26H,17-18H2,1-2H3,(H2,31,38)(H,32,33,35).